The molecule has 3 aromatic carbocycles. The first-order chi connectivity index (χ1) is 12.9. The fourth-order valence-electron chi connectivity index (χ4n) is 3.78. The largest absolute Gasteiger partial charge is 0.531 e. The van der Waals surface area contributed by atoms with Crippen molar-refractivity contribution in [3.05, 3.63) is 84.4 Å². The van der Waals surface area contributed by atoms with E-state index in [0.717, 1.165) is 17.1 Å². The van der Waals surface area contributed by atoms with E-state index in [1.165, 1.54) is 10.4 Å². The van der Waals surface area contributed by atoms with E-state index in [4.69, 9.17) is 9.16 Å². The fourth-order valence-corrected chi connectivity index (χ4v) is 8.20. The van der Waals surface area contributed by atoms with Gasteiger partial charge in [0.15, 0.2) is 5.75 Å². The Balaban J connectivity index is 2.30. The summed E-state index contributed by atoms with van der Waals surface area (Å²) >= 11 is 0. The van der Waals surface area contributed by atoms with Crippen LogP contribution in [0.2, 0.25) is 5.04 Å². The Hall–Kier alpha value is -2.52. The number of methoxy groups -OCH3 is 1. The molecule has 0 N–H and O–H groups in total. The number of hydrogen-bond acceptors (Lipinski definition) is 2. The van der Waals surface area contributed by atoms with E-state index >= 15 is 0 Å². The molecule has 0 atom stereocenters. The zero-order valence-corrected chi connectivity index (χ0v) is 17.8. The first-order valence-corrected chi connectivity index (χ1v) is 11.2. The lowest BCUT2D eigenvalue weighted by Crippen LogP contribution is -2.68. The highest BCUT2D eigenvalue weighted by molar-refractivity contribution is 7.00. The minimum Gasteiger partial charge on any atom is -0.531 e. The van der Waals surface area contributed by atoms with Gasteiger partial charge in [-0.05, 0) is 34.0 Å². The van der Waals surface area contributed by atoms with Crippen LogP contribution in [-0.4, -0.2) is 15.4 Å². The van der Waals surface area contributed by atoms with Crippen LogP contribution >= 0.6 is 0 Å². The quantitative estimate of drug-likeness (QED) is 0.587. The topological polar surface area (TPSA) is 18.5 Å². The van der Waals surface area contributed by atoms with Crippen molar-refractivity contribution in [1.82, 2.24) is 0 Å². The van der Waals surface area contributed by atoms with E-state index in [0.29, 0.717) is 0 Å². The van der Waals surface area contributed by atoms with Gasteiger partial charge in [0, 0.05) is 0 Å². The third kappa shape index (κ3) is 3.52. The molecule has 0 aliphatic rings. The molecule has 0 aliphatic carbocycles. The summed E-state index contributed by atoms with van der Waals surface area (Å²) in [7, 11) is -0.932. The smallest absolute Gasteiger partial charge is 0.320 e. The number of ether oxygens (including phenoxy) is 1. The number of para-hydroxylation sites is 1. The van der Waals surface area contributed by atoms with Crippen LogP contribution in [0.3, 0.4) is 0 Å². The highest BCUT2D eigenvalue weighted by Crippen LogP contribution is 2.40. The summed E-state index contributed by atoms with van der Waals surface area (Å²) in [6, 6.07) is 27.4. The maximum absolute atomic E-state index is 7.06. The minimum atomic E-state index is -2.64. The second-order valence-corrected chi connectivity index (χ2v) is 12.1. The van der Waals surface area contributed by atoms with Crippen molar-refractivity contribution >= 4 is 18.7 Å². The molecule has 0 aromatic heterocycles. The van der Waals surface area contributed by atoms with Gasteiger partial charge in [0.2, 0.25) is 0 Å². The molecule has 0 fully saturated rings. The zero-order chi connectivity index (χ0) is 19.5. The van der Waals surface area contributed by atoms with Crippen LogP contribution in [0.4, 0.5) is 0 Å². The molecule has 2 nitrogen and oxygen atoms in total. The van der Waals surface area contributed by atoms with Crippen molar-refractivity contribution < 1.29 is 9.16 Å². The van der Waals surface area contributed by atoms with Gasteiger partial charge in [0.25, 0.3) is 0 Å². The molecule has 0 saturated heterocycles. The summed E-state index contributed by atoms with van der Waals surface area (Å²) < 4.78 is 12.8. The third-order valence-electron chi connectivity index (χ3n) is 5.06. The SMILES string of the molecule is COc1c(C)cccc1O[Si](c1ccccc1)(c1ccccc1)C(C)(C)C. The molecule has 3 aromatic rings. The van der Waals surface area contributed by atoms with E-state index in [1.54, 1.807) is 7.11 Å². The molecule has 0 amide bonds. The number of rotatable bonds is 5. The number of hydrogen-bond donors (Lipinski definition) is 0. The molecular formula is C24H28O2Si. The average molecular weight is 377 g/mol. The second-order valence-electron chi connectivity index (χ2n) is 7.87. The van der Waals surface area contributed by atoms with E-state index in [2.05, 4.69) is 94.4 Å². The lowest BCUT2D eigenvalue weighted by Gasteiger charge is -2.43. The number of benzene rings is 3. The Kier molecular flexibility index (Phi) is 5.42. The molecule has 0 saturated carbocycles. The Bertz CT molecular complexity index is 844. The standard InChI is InChI=1S/C24H28O2Si/c1-19-13-12-18-22(23(19)25-5)26-27(24(2,3)4,20-14-8-6-9-15-20)21-16-10-7-11-17-21/h6-18H,1-5H3. The molecular weight excluding hydrogens is 348 g/mol. The predicted octanol–water partition coefficient (Wildman–Crippen LogP) is 4.94. The van der Waals surface area contributed by atoms with Crippen molar-refractivity contribution in [2.24, 2.45) is 0 Å². The summed E-state index contributed by atoms with van der Waals surface area (Å²) in [5.41, 5.74) is 1.08. The van der Waals surface area contributed by atoms with Crippen molar-refractivity contribution in [3.8, 4) is 11.5 Å². The van der Waals surface area contributed by atoms with E-state index in [1.807, 2.05) is 12.1 Å². The maximum atomic E-state index is 7.06. The monoisotopic (exact) mass is 376 g/mol. The fraction of sp³-hybridized carbons (Fsp3) is 0.250. The van der Waals surface area contributed by atoms with Gasteiger partial charge in [-0.3, -0.25) is 0 Å². The highest BCUT2D eigenvalue weighted by atomic mass is 28.4. The van der Waals surface area contributed by atoms with Gasteiger partial charge in [-0.15, -0.1) is 0 Å². The second kappa shape index (κ2) is 7.61. The van der Waals surface area contributed by atoms with Crippen LogP contribution in [0.25, 0.3) is 0 Å². The Labute approximate surface area is 163 Å². The summed E-state index contributed by atoms with van der Waals surface area (Å²) in [6.45, 7) is 8.89. The Morgan fingerprint density at radius 3 is 1.67 bits per heavy atom. The van der Waals surface area contributed by atoms with Crippen LogP contribution in [-0.2, 0) is 0 Å². The van der Waals surface area contributed by atoms with Crippen molar-refractivity contribution in [1.29, 1.82) is 0 Å². The van der Waals surface area contributed by atoms with Gasteiger partial charge in [-0.2, -0.15) is 0 Å². The first-order valence-electron chi connectivity index (χ1n) is 9.34. The lowest BCUT2D eigenvalue weighted by molar-refractivity contribution is 0.385. The molecule has 0 radical (unpaired) electrons. The molecule has 27 heavy (non-hydrogen) atoms. The summed E-state index contributed by atoms with van der Waals surface area (Å²) in [5, 5.41) is 2.43. The average Bonchev–Trinajstić information content (AvgIpc) is 2.66. The van der Waals surface area contributed by atoms with Gasteiger partial charge < -0.3 is 9.16 Å². The van der Waals surface area contributed by atoms with E-state index in [-0.39, 0.29) is 5.04 Å². The van der Waals surface area contributed by atoms with Gasteiger partial charge in [0.1, 0.15) is 5.75 Å². The third-order valence-corrected chi connectivity index (χ3v) is 9.99. The van der Waals surface area contributed by atoms with Crippen LogP contribution in [0.15, 0.2) is 78.9 Å². The number of aryl methyl sites for hydroxylation is 1. The lowest BCUT2D eigenvalue weighted by atomic mass is 10.2. The van der Waals surface area contributed by atoms with Crippen molar-refractivity contribution in [3.63, 3.8) is 0 Å². The molecule has 0 aliphatic heterocycles. The Morgan fingerprint density at radius 2 is 1.22 bits per heavy atom. The predicted molar refractivity (Wildman–Crippen MR) is 116 cm³/mol. The molecule has 3 rings (SSSR count). The molecule has 0 heterocycles. The highest BCUT2D eigenvalue weighted by Gasteiger charge is 2.52. The normalized spacial score (nSPS) is 11.9. The summed E-state index contributed by atoms with van der Waals surface area (Å²) in [4.78, 5) is 0. The van der Waals surface area contributed by atoms with Crippen LogP contribution in [0.5, 0.6) is 11.5 Å². The van der Waals surface area contributed by atoms with Crippen molar-refractivity contribution in [2.75, 3.05) is 7.11 Å². The summed E-state index contributed by atoms with van der Waals surface area (Å²) in [5.74, 6) is 1.62. The van der Waals surface area contributed by atoms with Gasteiger partial charge in [-0.25, -0.2) is 0 Å². The van der Waals surface area contributed by atoms with Crippen LogP contribution in [0.1, 0.15) is 26.3 Å². The van der Waals surface area contributed by atoms with Crippen molar-refractivity contribution in [2.45, 2.75) is 32.7 Å². The van der Waals surface area contributed by atoms with Gasteiger partial charge >= 0.3 is 8.32 Å². The Morgan fingerprint density at radius 1 is 0.704 bits per heavy atom. The zero-order valence-electron chi connectivity index (χ0n) is 16.8. The first kappa shape index (κ1) is 19.2. The minimum absolute atomic E-state index is 0.0789. The van der Waals surface area contributed by atoms with E-state index < -0.39 is 8.32 Å². The summed E-state index contributed by atoms with van der Waals surface area (Å²) in [6.07, 6.45) is 0. The molecule has 140 valence electrons. The molecule has 0 bridgehead atoms. The molecule has 0 spiro atoms. The molecule has 0 unspecified atom stereocenters. The van der Waals surface area contributed by atoms with E-state index in [9.17, 15) is 0 Å². The van der Waals surface area contributed by atoms with Gasteiger partial charge in [-0.1, -0.05) is 93.6 Å². The maximum Gasteiger partial charge on any atom is 0.320 e. The van der Waals surface area contributed by atoms with Gasteiger partial charge in [0.05, 0.1) is 7.11 Å². The molecule has 3 heteroatoms. The van der Waals surface area contributed by atoms with Crippen LogP contribution < -0.4 is 19.5 Å². The van der Waals surface area contributed by atoms with Crippen LogP contribution in [0, 0.1) is 6.92 Å².